The zero-order chi connectivity index (χ0) is 15.1. The van der Waals surface area contributed by atoms with Gasteiger partial charge in [-0.2, -0.15) is 0 Å². The minimum absolute atomic E-state index is 0.00685. The first kappa shape index (κ1) is 16.2. The smallest absolute Gasteiger partial charge is 0.237 e. The Hall–Kier alpha value is -1.88. The Morgan fingerprint density at radius 1 is 1.15 bits per heavy atom. The molecular weight excluding hydrogens is 254 g/mol. The Kier molecular flexibility index (Phi) is 6.18. The van der Waals surface area contributed by atoms with E-state index in [1.165, 1.54) is 0 Å². The van der Waals surface area contributed by atoms with Crippen LogP contribution in [0.2, 0.25) is 0 Å². The summed E-state index contributed by atoms with van der Waals surface area (Å²) in [7, 11) is 1.71. The topological polar surface area (TPSA) is 66.6 Å². The summed E-state index contributed by atoms with van der Waals surface area (Å²) < 4.78 is 0. The fourth-order valence-corrected chi connectivity index (χ4v) is 1.98. The lowest BCUT2D eigenvalue weighted by Gasteiger charge is -2.28. The molecule has 0 bridgehead atoms. The molecule has 0 unspecified atom stereocenters. The van der Waals surface area contributed by atoms with Crippen LogP contribution in [0.1, 0.15) is 19.4 Å². The summed E-state index contributed by atoms with van der Waals surface area (Å²) in [5.41, 5.74) is 6.21. The lowest BCUT2D eigenvalue weighted by Crippen LogP contribution is -2.44. The molecule has 20 heavy (non-hydrogen) atoms. The van der Waals surface area contributed by atoms with Crippen molar-refractivity contribution in [2.75, 3.05) is 20.1 Å². The monoisotopic (exact) mass is 277 g/mol. The van der Waals surface area contributed by atoms with Gasteiger partial charge in [-0.3, -0.25) is 14.5 Å². The molecule has 2 N–H and O–H groups in total. The van der Waals surface area contributed by atoms with Crippen molar-refractivity contribution in [2.24, 2.45) is 5.73 Å². The van der Waals surface area contributed by atoms with Crippen LogP contribution >= 0.6 is 0 Å². The summed E-state index contributed by atoms with van der Waals surface area (Å²) in [5.74, 6) is -0.438. The van der Waals surface area contributed by atoms with Crippen molar-refractivity contribution in [3.63, 3.8) is 0 Å². The molecule has 2 amide bonds. The molecule has 0 fully saturated rings. The third-order valence-corrected chi connectivity index (χ3v) is 2.97. The van der Waals surface area contributed by atoms with Crippen molar-refractivity contribution in [3.8, 4) is 0 Å². The number of nitrogens with zero attached hydrogens (tertiary/aromatic N) is 2. The van der Waals surface area contributed by atoms with Gasteiger partial charge in [0.05, 0.1) is 13.1 Å². The van der Waals surface area contributed by atoms with Crippen LogP contribution in [0.4, 0.5) is 0 Å². The third-order valence-electron chi connectivity index (χ3n) is 2.97. The van der Waals surface area contributed by atoms with Gasteiger partial charge < -0.3 is 10.6 Å². The fraction of sp³-hybridized carbons (Fsp3) is 0.467. The maximum atomic E-state index is 12.3. The first-order chi connectivity index (χ1) is 9.40. The van der Waals surface area contributed by atoms with Gasteiger partial charge in [0.25, 0.3) is 0 Å². The van der Waals surface area contributed by atoms with E-state index in [0.29, 0.717) is 6.54 Å². The highest BCUT2D eigenvalue weighted by Gasteiger charge is 2.19. The predicted octanol–water partition coefficient (Wildman–Crippen LogP) is 0.841. The van der Waals surface area contributed by atoms with Crippen LogP contribution in [0, 0.1) is 0 Å². The number of amides is 2. The second-order valence-electron chi connectivity index (χ2n) is 5.24. The number of hydrogen-bond donors (Lipinski definition) is 1. The van der Waals surface area contributed by atoms with Crippen LogP contribution in [-0.2, 0) is 16.1 Å². The molecule has 0 heterocycles. The molecule has 1 aromatic rings. The van der Waals surface area contributed by atoms with Crippen LogP contribution in [0.25, 0.3) is 0 Å². The van der Waals surface area contributed by atoms with Gasteiger partial charge in [0.2, 0.25) is 11.8 Å². The minimum Gasteiger partial charge on any atom is -0.369 e. The zero-order valence-electron chi connectivity index (χ0n) is 12.4. The molecule has 0 spiro atoms. The maximum absolute atomic E-state index is 12.3. The van der Waals surface area contributed by atoms with Crippen molar-refractivity contribution < 1.29 is 9.59 Å². The summed E-state index contributed by atoms with van der Waals surface area (Å²) in [5, 5.41) is 0. The standard InChI is InChI=1S/C15H23N3O2/c1-12(2)18(9-13-7-5-4-6-8-13)15(20)11-17(3)10-14(16)19/h4-8,12H,9-11H2,1-3H3,(H2,16,19). The Morgan fingerprint density at radius 2 is 1.75 bits per heavy atom. The molecule has 5 heteroatoms. The lowest BCUT2D eigenvalue weighted by atomic mass is 10.2. The lowest BCUT2D eigenvalue weighted by molar-refractivity contribution is -0.134. The molecular formula is C15H23N3O2. The summed E-state index contributed by atoms with van der Waals surface area (Å²) in [4.78, 5) is 26.6. The summed E-state index contributed by atoms with van der Waals surface area (Å²) in [6.45, 7) is 4.81. The Balaban J connectivity index is 2.66. The van der Waals surface area contributed by atoms with E-state index in [9.17, 15) is 9.59 Å². The molecule has 1 aromatic carbocycles. The molecule has 110 valence electrons. The Bertz CT molecular complexity index is 446. The first-order valence-corrected chi connectivity index (χ1v) is 6.70. The highest BCUT2D eigenvalue weighted by atomic mass is 16.2. The van der Waals surface area contributed by atoms with E-state index in [4.69, 9.17) is 5.73 Å². The highest BCUT2D eigenvalue weighted by Crippen LogP contribution is 2.09. The molecule has 0 radical (unpaired) electrons. The Morgan fingerprint density at radius 3 is 2.25 bits per heavy atom. The average Bonchev–Trinajstić information content (AvgIpc) is 2.35. The largest absolute Gasteiger partial charge is 0.369 e. The molecule has 5 nitrogen and oxygen atoms in total. The second-order valence-corrected chi connectivity index (χ2v) is 5.24. The Labute approximate surface area is 120 Å². The number of hydrogen-bond acceptors (Lipinski definition) is 3. The van der Waals surface area contributed by atoms with Gasteiger partial charge in [-0.1, -0.05) is 30.3 Å². The van der Waals surface area contributed by atoms with Crippen LogP contribution < -0.4 is 5.73 Å². The van der Waals surface area contributed by atoms with E-state index >= 15 is 0 Å². The number of nitrogens with two attached hydrogens (primary N) is 1. The second kappa shape index (κ2) is 7.65. The van der Waals surface area contributed by atoms with Crippen molar-refractivity contribution in [1.82, 2.24) is 9.80 Å². The average molecular weight is 277 g/mol. The minimum atomic E-state index is -0.431. The van der Waals surface area contributed by atoms with Crippen molar-refractivity contribution >= 4 is 11.8 Å². The summed E-state index contributed by atoms with van der Waals surface area (Å²) in [6, 6.07) is 9.96. The molecule has 0 aliphatic heterocycles. The van der Waals surface area contributed by atoms with Crippen LogP contribution in [-0.4, -0.2) is 47.8 Å². The first-order valence-electron chi connectivity index (χ1n) is 6.70. The van der Waals surface area contributed by atoms with E-state index < -0.39 is 5.91 Å². The molecule has 1 rings (SSSR count). The van der Waals surface area contributed by atoms with Gasteiger partial charge in [0, 0.05) is 12.6 Å². The van der Waals surface area contributed by atoms with Gasteiger partial charge in [-0.05, 0) is 26.5 Å². The fourth-order valence-electron chi connectivity index (χ4n) is 1.98. The van der Waals surface area contributed by atoms with E-state index in [1.54, 1.807) is 16.8 Å². The predicted molar refractivity (Wildman–Crippen MR) is 78.8 cm³/mol. The number of primary amides is 1. The summed E-state index contributed by atoms with van der Waals surface area (Å²) >= 11 is 0. The molecule has 0 atom stereocenters. The zero-order valence-corrected chi connectivity index (χ0v) is 12.4. The van der Waals surface area contributed by atoms with E-state index in [0.717, 1.165) is 5.56 Å². The third kappa shape index (κ3) is 5.40. The van der Waals surface area contributed by atoms with Crippen molar-refractivity contribution in [3.05, 3.63) is 35.9 Å². The van der Waals surface area contributed by atoms with Gasteiger partial charge >= 0.3 is 0 Å². The molecule has 0 saturated heterocycles. The van der Waals surface area contributed by atoms with Crippen molar-refractivity contribution in [2.45, 2.75) is 26.4 Å². The number of benzene rings is 1. The van der Waals surface area contributed by atoms with Crippen LogP contribution in [0.5, 0.6) is 0 Å². The quantitative estimate of drug-likeness (QED) is 0.803. The van der Waals surface area contributed by atoms with Gasteiger partial charge in [-0.25, -0.2) is 0 Å². The van der Waals surface area contributed by atoms with Crippen molar-refractivity contribution in [1.29, 1.82) is 0 Å². The van der Waals surface area contributed by atoms with E-state index in [-0.39, 0.29) is 25.0 Å². The summed E-state index contributed by atoms with van der Waals surface area (Å²) in [6.07, 6.45) is 0. The maximum Gasteiger partial charge on any atom is 0.237 e. The highest BCUT2D eigenvalue weighted by molar-refractivity contribution is 5.80. The molecule has 0 aromatic heterocycles. The number of rotatable bonds is 7. The van der Waals surface area contributed by atoms with Gasteiger partial charge in [-0.15, -0.1) is 0 Å². The van der Waals surface area contributed by atoms with Crippen LogP contribution in [0.15, 0.2) is 30.3 Å². The molecule has 0 saturated carbocycles. The number of carbonyl (C=O) groups is 2. The number of likely N-dealkylation sites (N-methyl/N-ethyl adjacent to an activating group) is 1. The van der Waals surface area contributed by atoms with E-state index in [2.05, 4.69) is 0 Å². The van der Waals surface area contributed by atoms with Gasteiger partial charge in [0.1, 0.15) is 0 Å². The van der Waals surface area contributed by atoms with Gasteiger partial charge in [0.15, 0.2) is 0 Å². The normalized spacial score (nSPS) is 10.8. The van der Waals surface area contributed by atoms with Crippen LogP contribution in [0.3, 0.4) is 0 Å². The number of carbonyl (C=O) groups excluding carboxylic acids is 2. The molecule has 0 aliphatic rings. The molecule has 0 aliphatic carbocycles. The SMILES string of the molecule is CC(C)N(Cc1ccccc1)C(=O)CN(C)CC(N)=O. The van der Waals surface area contributed by atoms with E-state index in [1.807, 2.05) is 44.2 Å².